The summed E-state index contributed by atoms with van der Waals surface area (Å²) >= 11 is 0. The second kappa shape index (κ2) is 10.5. The van der Waals surface area contributed by atoms with Crippen LogP contribution >= 0.6 is 0 Å². The zero-order valence-corrected chi connectivity index (χ0v) is 17.9. The van der Waals surface area contributed by atoms with Crippen LogP contribution in [0.15, 0.2) is 81.4 Å². The first-order chi connectivity index (χ1) is 15.3. The molecular weight excluding hydrogens is 386 g/mol. The van der Waals surface area contributed by atoms with E-state index in [1.807, 2.05) is 24.3 Å². The molecule has 0 unspecified atom stereocenters. The van der Waals surface area contributed by atoms with Crippen molar-refractivity contribution >= 4 is 28.7 Å². The fourth-order valence-electron chi connectivity index (χ4n) is 3.45. The van der Waals surface area contributed by atoms with Crippen LogP contribution in [0.25, 0.3) is 0 Å². The van der Waals surface area contributed by atoms with E-state index in [1.165, 1.54) is 36.9 Å². The number of hydrogen-bond donors (Lipinski definition) is 0. The molecule has 4 rings (SSSR count). The van der Waals surface area contributed by atoms with E-state index in [0.717, 1.165) is 30.9 Å². The first-order valence-corrected chi connectivity index (χ1v) is 10.9. The summed E-state index contributed by atoms with van der Waals surface area (Å²) in [6.45, 7) is 4.46. The smallest absolute Gasteiger partial charge is 0.268 e. The summed E-state index contributed by atoms with van der Waals surface area (Å²) in [4.78, 5) is 10.8. The summed E-state index contributed by atoms with van der Waals surface area (Å²) in [5.74, 6) is 0.295. The molecule has 7 nitrogen and oxygen atoms in total. The lowest BCUT2D eigenvalue weighted by Crippen LogP contribution is -2.17. The first-order valence-electron chi connectivity index (χ1n) is 10.9. The van der Waals surface area contributed by atoms with Gasteiger partial charge >= 0.3 is 0 Å². The van der Waals surface area contributed by atoms with Gasteiger partial charge < -0.3 is 4.90 Å². The van der Waals surface area contributed by atoms with Crippen molar-refractivity contribution in [2.45, 2.75) is 39.0 Å². The Morgan fingerprint density at radius 1 is 0.742 bits per heavy atom. The summed E-state index contributed by atoms with van der Waals surface area (Å²) < 4.78 is 0. The zero-order chi connectivity index (χ0) is 21.3. The van der Waals surface area contributed by atoms with Gasteiger partial charge in [0.25, 0.3) is 5.95 Å². The van der Waals surface area contributed by atoms with Crippen molar-refractivity contribution in [1.29, 1.82) is 0 Å². The van der Waals surface area contributed by atoms with Crippen molar-refractivity contribution in [3.63, 3.8) is 0 Å². The number of benzene rings is 2. The fraction of sp³-hybridized carbons (Fsp3) is 0.333. The number of anilines is 1. The summed E-state index contributed by atoms with van der Waals surface area (Å²) in [5.41, 5.74) is 4.71. The Labute approximate surface area is 183 Å². The van der Waals surface area contributed by atoms with Gasteiger partial charge in [-0.15, -0.1) is 15.3 Å². The van der Waals surface area contributed by atoms with Crippen molar-refractivity contribution in [3.8, 4) is 0 Å². The van der Waals surface area contributed by atoms with Crippen molar-refractivity contribution < 1.29 is 0 Å². The van der Waals surface area contributed by atoms with Crippen LogP contribution in [0.3, 0.4) is 0 Å². The van der Waals surface area contributed by atoms with Gasteiger partial charge in [-0.25, -0.2) is 9.97 Å². The highest BCUT2D eigenvalue weighted by atomic mass is 15.2. The van der Waals surface area contributed by atoms with E-state index < -0.39 is 0 Å². The number of nitrogens with zero attached hydrogens (tertiary/aromatic N) is 7. The van der Waals surface area contributed by atoms with Crippen molar-refractivity contribution in [2.24, 2.45) is 20.5 Å². The Balaban J connectivity index is 1.33. The number of aryl methyl sites for hydroxylation is 1. The Kier molecular flexibility index (Phi) is 7.05. The van der Waals surface area contributed by atoms with Crippen LogP contribution < -0.4 is 4.90 Å². The fourth-order valence-corrected chi connectivity index (χ4v) is 3.45. The molecule has 0 saturated carbocycles. The highest BCUT2D eigenvalue weighted by molar-refractivity contribution is 5.53. The molecule has 0 N–H and O–H groups in total. The molecule has 31 heavy (non-hydrogen) atoms. The quantitative estimate of drug-likeness (QED) is 0.365. The van der Waals surface area contributed by atoms with Crippen LogP contribution in [0.5, 0.6) is 0 Å². The minimum absolute atomic E-state index is 0.295. The summed E-state index contributed by atoms with van der Waals surface area (Å²) in [6.07, 6.45) is 9.20. The first kappa shape index (κ1) is 20.8. The number of hydrogen-bond acceptors (Lipinski definition) is 7. The van der Waals surface area contributed by atoms with Gasteiger partial charge in [-0.3, -0.25) is 0 Å². The van der Waals surface area contributed by atoms with Crippen molar-refractivity contribution in [3.05, 3.63) is 66.5 Å². The molecular formula is C24H27N7. The minimum atomic E-state index is 0.295. The Morgan fingerprint density at radius 2 is 1.32 bits per heavy atom. The van der Waals surface area contributed by atoms with E-state index in [2.05, 4.69) is 66.5 Å². The second-order valence-electron chi connectivity index (χ2n) is 7.62. The Hall–Kier alpha value is -3.48. The topological polar surface area (TPSA) is 78.5 Å². The maximum Gasteiger partial charge on any atom is 0.268 e. The van der Waals surface area contributed by atoms with Gasteiger partial charge in [0, 0.05) is 18.8 Å². The lowest BCUT2D eigenvalue weighted by molar-refractivity contribution is 0.795. The molecule has 0 radical (unpaired) electrons. The molecule has 1 fully saturated rings. The average Bonchev–Trinajstić information content (AvgIpc) is 3.37. The van der Waals surface area contributed by atoms with Gasteiger partial charge in [-0.1, -0.05) is 25.5 Å². The van der Waals surface area contributed by atoms with Crippen LogP contribution in [-0.2, 0) is 6.42 Å². The highest BCUT2D eigenvalue weighted by Gasteiger charge is 2.11. The third kappa shape index (κ3) is 6.01. The SMILES string of the molecule is CCCCc1ccc(N=Nc2ncc(N=Nc3ccc(N4CCCC4)cc3)cn2)cc1. The molecule has 0 aliphatic carbocycles. The largest absolute Gasteiger partial charge is 0.372 e. The third-order valence-corrected chi connectivity index (χ3v) is 5.24. The summed E-state index contributed by atoms with van der Waals surface area (Å²) in [6, 6.07) is 16.3. The molecule has 1 aromatic heterocycles. The van der Waals surface area contributed by atoms with E-state index in [0.29, 0.717) is 11.6 Å². The van der Waals surface area contributed by atoms with Gasteiger partial charge in [0.2, 0.25) is 0 Å². The van der Waals surface area contributed by atoms with Gasteiger partial charge in [0.15, 0.2) is 0 Å². The van der Waals surface area contributed by atoms with E-state index in [4.69, 9.17) is 0 Å². The van der Waals surface area contributed by atoms with E-state index >= 15 is 0 Å². The molecule has 2 aromatic carbocycles. The van der Waals surface area contributed by atoms with E-state index in [-0.39, 0.29) is 0 Å². The van der Waals surface area contributed by atoms with Crippen LogP contribution in [0.2, 0.25) is 0 Å². The highest BCUT2D eigenvalue weighted by Crippen LogP contribution is 2.25. The molecule has 1 aliphatic rings. The van der Waals surface area contributed by atoms with Gasteiger partial charge in [0.1, 0.15) is 5.69 Å². The van der Waals surface area contributed by atoms with E-state index in [1.54, 1.807) is 12.4 Å². The van der Waals surface area contributed by atoms with Crippen LogP contribution in [0, 0.1) is 0 Å². The molecule has 0 atom stereocenters. The predicted octanol–water partition coefficient (Wildman–Crippen LogP) is 7.25. The summed E-state index contributed by atoms with van der Waals surface area (Å²) in [5, 5.41) is 16.8. The molecule has 7 heteroatoms. The molecule has 0 spiro atoms. The van der Waals surface area contributed by atoms with Gasteiger partial charge in [-0.2, -0.15) is 5.11 Å². The lowest BCUT2D eigenvalue weighted by Gasteiger charge is -2.17. The third-order valence-electron chi connectivity index (χ3n) is 5.24. The maximum absolute atomic E-state index is 4.27. The average molecular weight is 414 g/mol. The molecule has 1 saturated heterocycles. The minimum Gasteiger partial charge on any atom is -0.372 e. The van der Waals surface area contributed by atoms with Gasteiger partial charge in [0.05, 0.1) is 23.8 Å². The monoisotopic (exact) mass is 413 g/mol. The molecule has 0 bridgehead atoms. The lowest BCUT2D eigenvalue weighted by atomic mass is 10.1. The number of rotatable bonds is 8. The molecule has 0 amide bonds. The number of aromatic nitrogens is 2. The number of azo groups is 2. The standard InChI is InChI=1S/C24H27N7/c1-2-3-6-19-7-9-20(10-8-19)28-30-24-25-17-22(18-26-24)29-27-21-11-13-23(14-12-21)31-15-4-5-16-31/h7-14,17-18H,2-6,15-16H2,1H3. The van der Waals surface area contributed by atoms with Crippen LogP contribution in [0.1, 0.15) is 38.2 Å². The Morgan fingerprint density at radius 3 is 1.97 bits per heavy atom. The molecule has 2 heterocycles. The Bertz CT molecular complexity index is 1000. The molecule has 158 valence electrons. The van der Waals surface area contributed by atoms with Crippen LogP contribution in [-0.4, -0.2) is 23.1 Å². The van der Waals surface area contributed by atoms with Crippen LogP contribution in [0.4, 0.5) is 28.7 Å². The predicted molar refractivity (Wildman–Crippen MR) is 123 cm³/mol. The van der Waals surface area contributed by atoms with E-state index in [9.17, 15) is 0 Å². The zero-order valence-electron chi connectivity index (χ0n) is 17.9. The second-order valence-corrected chi connectivity index (χ2v) is 7.62. The van der Waals surface area contributed by atoms with Crippen molar-refractivity contribution in [1.82, 2.24) is 9.97 Å². The maximum atomic E-state index is 4.27. The normalized spacial score (nSPS) is 14.2. The molecule has 3 aromatic rings. The number of unbranched alkanes of at least 4 members (excludes halogenated alkanes) is 1. The molecule has 1 aliphatic heterocycles. The van der Waals surface area contributed by atoms with Gasteiger partial charge in [-0.05, 0) is 67.6 Å². The van der Waals surface area contributed by atoms with Crippen molar-refractivity contribution in [2.75, 3.05) is 18.0 Å². The summed E-state index contributed by atoms with van der Waals surface area (Å²) in [7, 11) is 0.